The van der Waals surface area contributed by atoms with Crippen LogP contribution >= 0.6 is 22.7 Å². The van der Waals surface area contributed by atoms with E-state index in [4.69, 9.17) is 14.2 Å². The number of ether oxygens (including phenoxy) is 3. The number of anilines is 1. The highest BCUT2D eigenvalue weighted by Crippen LogP contribution is 2.33. The zero-order valence-electron chi connectivity index (χ0n) is 30.5. The Morgan fingerprint density at radius 2 is 1.25 bits per heavy atom. The number of nitrogens with zero attached hydrogens (tertiary/aromatic N) is 4. The van der Waals surface area contributed by atoms with Crippen molar-refractivity contribution in [3.05, 3.63) is 104 Å². The summed E-state index contributed by atoms with van der Waals surface area (Å²) in [5, 5.41) is 7.70. The van der Waals surface area contributed by atoms with Crippen LogP contribution in [-0.4, -0.2) is 85.5 Å². The first-order chi connectivity index (χ1) is 26.6. The second-order valence-corrected chi connectivity index (χ2v) is 16.1. The molecule has 0 aliphatic carbocycles. The lowest BCUT2D eigenvalue weighted by Gasteiger charge is -2.44. The average Bonchev–Trinajstić information content (AvgIpc) is 3.92. The SMILES string of the molecule is COc1ccc(N(Cc2ccsc2)C(=O)O[C@H]2CN3CCC2CC3)cc1F.O=C(O[C@H]1CN2CCC1CC2)N(Cc1ccsc1)Cc1cc(F)c(F)cc1F. The van der Waals surface area contributed by atoms with Gasteiger partial charge in [-0.25, -0.2) is 27.2 Å². The smallest absolute Gasteiger partial charge is 0.414 e. The van der Waals surface area contributed by atoms with Gasteiger partial charge in [-0.05, 0) is 127 Å². The van der Waals surface area contributed by atoms with Crippen LogP contribution in [0.3, 0.4) is 0 Å². The van der Waals surface area contributed by atoms with Crippen LogP contribution in [0.2, 0.25) is 0 Å². The van der Waals surface area contributed by atoms with Gasteiger partial charge < -0.3 is 14.2 Å². The van der Waals surface area contributed by atoms with Crippen molar-refractivity contribution in [1.29, 1.82) is 0 Å². The van der Waals surface area contributed by atoms with Crippen LogP contribution in [0, 0.1) is 35.1 Å². The van der Waals surface area contributed by atoms with Crippen LogP contribution in [0.1, 0.15) is 42.4 Å². The molecule has 6 saturated heterocycles. The van der Waals surface area contributed by atoms with Gasteiger partial charge in [-0.2, -0.15) is 22.7 Å². The molecule has 294 valence electrons. The van der Waals surface area contributed by atoms with Gasteiger partial charge in [-0.1, -0.05) is 0 Å². The summed E-state index contributed by atoms with van der Waals surface area (Å²) in [5.41, 5.74) is 2.24. The van der Waals surface area contributed by atoms with Gasteiger partial charge in [0.15, 0.2) is 23.2 Å². The molecule has 2 aromatic heterocycles. The third kappa shape index (κ3) is 9.62. The van der Waals surface area contributed by atoms with Crippen molar-refractivity contribution in [2.24, 2.45) is 11.8 Å². The maximum absolute atomic E-state index is 14.2. The van der Waals surface area contributed by atoms with Crippen molar-refractivity contribution in [3.63, 3.8) is 0 Å². The number of fused-ring (bicyclic) bond motifs is 6. The molecule has 0 unspecified atom stereocenters. The van der Waals surface area contributed by atoms with Gasteiger partial charge in [-0.15, -0.1) is 0 Å². The largest absolute Gasteiger partial charge is 0.494 e. The first-order valence-corrected chi connectivity index (χ1v) is 20.4. The summed E-state index contributed by atoms with van der Waals surface area (Å²) in [7, 11) is 1.42. The monoisotopic (exact) mass is 800 g/mol. The molecule has 2 amide bonds. The van der Waals surface area contributed by atoms with Gasteiger partial charge in [-0.3, -0.25) is 19.6 Å². The third-order valence-corrected chi connectivity index (χ3v) is 12.4. The Balaban J connectivity index is 0.000000169. The number of carbonyl (C=O) groups is 2. The normalized spacial score (nSPS) is 23.7. The number of amides is 2. The molecule has 9 nitrogen and oxygen atoms in total. The van der Waals surface area contributed by atoms with E-state index >= 15 is 0 Å². The summed E-state index contributed by atoms with van der Waals surface area (Å²) in [6, 6.07) is 9.67. The Labute approximate surface area is 326 Å². The number of piperidine rings is 6. The zero-order chi connectivity index (χ0) is 38.5. The van der Waals surface area contributed by atoms with Gasteiger partial charge in [0.1, 0.15) is 18.0 Å². The van der Waals surface area contributed by atoms with Crippen molar-refractivity contribution in [2.75, 3.05) is 51.3 Å². The second kappa shape index (κ2) is 17.7. The molecule has 0 N–H and O–H groups in total. The summed E-state index contributed by atoms with van der Waals surface area (Å²) >= 11 is 3.05. The van der Waals surface area contributed by atoms with Crippen LogP contribution in [-0.2, 0) is 29.1 Å². The van der Waals surface area contributed by atoms with Gasteiger partial charge in [0.25, 0.3) is 0 Å². The predicted molar refractivity (Wildman–Crippen MR) is 202 cm³/mol. The Kier molecular flexibility index (Phi) is 12.6. The topological polar surface area (TPSA) is 74.8 Å². The standard InChI is InChI=1S/C20H21F3N2O2S.C20H23FN2O3S/c21-16-8-18(23)17(22)7-15(16)10-25(9-13-3-6-28-12-13)20(26)27-19-11-24-4-1-14(19)2-5-24;1-25-18-3-2-16(10-17(18)21)23(11-14-6-9-27-13-14)20(24)26-19-12-22-7-4-15(19)5-8-22/h3,6-8,12,14,19H,1-2,4-5,9-11H2;2-3,6,9-10,13,15,19H,4-5,7-8,11-12H2,1H3/t2*19-/m00/s1. The van der Waals surface area contributed by atoms with E-state index in [1.165, 1.54) is 40.4 Å². The maximum atomic E-state index is 14.2. The van der Waals surface area contributed by atoms with Crippen LogP contribution in [0.25, 0.3) is 0 Å². The maximum Gasteiger partial charge on any atom is 0.414 e. The molecule has 6 aliphatic rings. The van der Waals surface area contributed by atoms with E-state index in [1.807, 2.05) is 33.7 Å². The second-order valence-electron chi connectivity index (χ2n) is 14.5. The molecule has 4 aromatic rings. The molecule has 2 atom stereocenters. The highest BCUT2D eigenvalue weighted by atomic mass is 32.1. The lowest BCUT2D eigenvalue weighted by atomic mass is 9.86. The number of carbonyl (C=O) groups excluding carboxylic acids is 2. The van der Waals surface area contributed by atoms with Crippen molar-refractivity contribution in [1.82, 2.24) is 14.7 Å². The van der Waals surface area contributed by atoms with Crippen molar-refractivity contribution in [2.45, 2.75) is 57.5 Å². The fourth-order valence-corrected chi connectivity index (χ4v) is 9.13. The molecule has 4 bridgehead atoms. The molecule has 8 heterocycles. The van der Waals surface area contributed by atoms with E-state index in [1.54, 1.807) is 17.4 Å². The minimum absolute atomic E-state index is 0.0833. The van der Waals surface area contributed by atoms with E-state index in [9.17, 15) is 27.2 Å². The summed E-state index contributed by atoms with van der Waals surface area (Å²) in [6.07, 6.45) is 2.88. The van der Waals surface area contributed by atoms with Gasteiger partial charge in [0.05, 0.1) is 32.4 Å². The fraction of sp³-hybridized carbons (Fsp3) is 0.450. The zero-order valence-corrected chi connectivity index (χ0v) is 32.1. The summed E-state index contributed by atoms with van der Waals surface area (Å²) in [5.74, 6) is -2.85. The van der Waals surface area contributed by atoms with E-state index in [-0.39, 0.29) is 36.6 Å². The minimum atomic E-state index is -1.25. The Morgan fingerprint density at radius 3 is 1.76 bits per heavy atom. The Morgan fingerprint density at radius 1 is 0.691 bits per heavy atom. The predicted octanol–water partition coefficient (Wildman–Crippen LogP) is 8.53. The number of halogens is 4. The van der Waals surface area contributed by atoms with E-state index in [0.29, 0.717) is 36.7 Å². The van der Waals surface area contributed by atoms with E-state index in [2.05, 4.69) is 9.80 Å². The Hall–Kier alpha value is -4.18. The van der Waals surface area contributed by atoms with Crippen LogP contribution in [0.5, 0.6) is 5.75 Å². The first kappa shape index (κ1) is 39.1. The molecule has 15 heteroatoms. The quantitative estimate of drug-likeness (QED) is 0.118. The van der Waals surface area contributed by atoms with Crippen LogP contribution in [0.4, 0.5) is 32.8 Å². The molecule has 2 aromatic carbocycles. The number of hydrogen-bond acceptors (Lipinski definition) is 9. The van der Waals surface area contributed by atoms with Crippen molar-refractivity contribution >= 4 is 40.5 Å². The fourth-order valence-electron chi connectivity index (χ4n) is 7.81. The molecular weight excluding hydrogens is 757 g/mol. The molecule has 10 rings (SSSR count). The van der Waals surface area contributed by atoms with Gasteiger partial charge >= 0.3 is 12.2 Å². The first-order valence-electron chi connectivity index (χ1n) is 18.5. The number of hydrogen-bond donors (Lipinski definition) is 0. The molecule has 6 fully saturated rings. The van der Waals surface area contributed by atoms with Gasteiger partial charge in [0, 0.05) is 30.8 Å². The summed E-state index contributed by atoms with van der Waals surface area (Å²) in [6.45, 7) is 6.08. The van der Waals surface area contributed by atoms with Crippen molar-refractivity contribution < 1.29 is 41.4 Å². The van der Waals surface area contributed by atoms with Crippen LogP contribution in [0.15, 0.2) is 64.0 Å². The van der Waals surface area contributed by atoms with Crippen LogP contribution < -0.4 is 9.64 Å². The third-order valence-electron chi connectivity index (χ3n) is 10.9. The molecule has 0 saturated carbocycles. The lowest BCUT2D eigenvalue weighted by Crippen LogP contribution is -2.53. The molecular formula is C40H44F4N4O5S2. The number of methoxy groups -OCH3 is 1. The lowest BCUT2D eigenvalue weighted by molar-refractivity contribution is -0.0450. The highest BCUT2D eigenvalue weighted by Gasteiger charge is 2.39. The average molecular weight is 801 g/mol. The number of benzene rings is 2. The van der Waals surface area contributed by atoms with E-state index in [0.717, 1.165) is 75.6 Å². The number of rotatable bonds is 10. The summed E-state index contributed by atoms with van der Waals surface area (Å²) in [4.78, 5) is 33.4. The highest BCUT2D eigenvalue weighted by molar-refractivity contribution is 7.08. The molecule has 0 radical (unpaired) electrons. The molecule has 55 heavy (non-hydrogen) atoms. The van der Waals surface area contributed by atoms with Crippen molar-refractivity contribution in [3.8, 4) is 5.75 Å². The molecule has 0 spiro atoms. The number of thiophene rings is 2. The summed E-state index contributed by atoms with van der Waals surface area (Å²) < 4.78 is 71.8. The van der Waals surface area contributed by atoms with E-state index < -0.39 is 35.5 Å². The van der Waals surface area contributed by atoms with Gasteiger partial charge in [0.2, 0.25) is 0 Å². The Bertz CT molecular complexity index is 1900. The molecule has 6 aliphatic heterocycles. The minimum Gasteiger partial charge on any atom is -0.494 e.